The molecule has 16 heavy (non-hydrogen) atoms. The zero-order chi connectivity index (χ0) is 11.9. The standard InChI is InChI=1S/C12H13NO3/c1-7-5-8(2)10-9(6-7)11(15)12(16)13(10)3-4-14/h5-6,14H,3-4H2,1-2H3. The van der Waals surface area contributed by atoms with Gasteiger partial charge in [-0.15, -0.1) is 0 Å². The maximum Gasteiger partial charge on any atom is 0.299 e. The van der Waals surface area contributed by atoms with Crippen molar-refractivity contribution in [3.05, 3.63) is 28.8 Å². The predicted molar refractivity (Wildman–Crippen MR) is 59.7 cm³/mol. The third-order valence-corrected chi connectivity index (χ3v) is 2.72. The molecule has 0 aromatic heterocycles. The lowest BCUT2D eigenvalue weighted by atomic mass is 10.0. The van der Waals surface area contributed by atoms with Crippen molar-refractivity contribution in [1.82, 2.24) is 0 Å². The van der Waals surface area contributed by atoms with E-state index in [4.69, 9.17) is 5.11 Å². The minimum absolute atomic E-state index is 0.147. The number of rotatable bonds is 2. The van der Waals surface area contributed by atoms with E-state index < -0.39 is 11.7 Å². The number of carbonyl (C=O) groups excluding carboxylic acids is 2. The highest BCUT2D eigenvalue weighted by Crippen LogP contribution is 2.32. The molecule has 0 bridgehead atoms. The van der Waals surface area contributed by atoms with Gasteiger partial charge < -0.3 is 10.0 Å². The first-order valence-corrected chi connectivity index (χ1v) is 5.14. The number of aliphatic hydroxyl groups is 1. The second-order valence-corrected chi connectivity index (χ2v) is 3.99. The Morgan fingerprint density at radius 3 is 2.56 bits per heavy atom. The molecule has 0 saturated heterocycles. The van der Waals surface area contributed by atoms with E-state index in [1.807, 2.05) is 19.9 Å². The van der Waals surface area contributed by atoms with Crippen molar-refractivity contribution in [2.75, 3.05) is 18.1 Å². The first-order valence-electron chi connectivity index (χ1n) is 5.14. The van der Waals surface area contributed by atoms with Crippen molar-refractivity contribution in [1.29, 1.82) is 0 Å². The van der Waals surface area contributed by atoms with E-state index in [1.54, 1.807) is 6.07 Å². The predicted octanol–water partition coefficient (Wildman–Crippen LogP) is 0.825. The minimum Gasteiger partial charge on any atom is -0.395 e. The molecule has 1 aromatic carbocycles. The number of aryl methyl sites for hydroxylation is 2. The van der Waals surface area contributed by atoms with Gasteiger partial charge in [0.1, 0.15) is 0 Å². The second-order valence-electron chi connectivity index (χ2n) is 3.99. The van der Waals surface area contributed by atoms with Gasteiger partial charge in [0.2, 0.25) is 0 Å². The molecule has 1 aliphatic heterocycles. The van der Waals surface area contributed by atoms with E-state index >= 15 is 0 Å². The third-order valence-electron chi connectivity index (χ3n) is 2.72. The maximum atomic E-state index is 11.7. The monoisotopic (exact) mass is 219 g/mol. The van der Waals surface area contributed by atoms with E-state index in [0.717, 1.165) is 11.1 Å². The van der Waals surface area contributed by atoms with Gasteiger partial charge in [0.25, 0.3) is 11.7 Å². The van der Waals surface area contributed by atoms with Crippen molar-refractivity contribution in [3.63, 3.8) is 0 Å². The Morgan fingerprint density at radius 1 is 1.25 bits per heavy atom. The normalized spacial score (nSPS) is 14.6. The summed E-state index contributed by atoms with van der Waals surface area (Å²) in [6.45, 7) is 3.77. The summed E-state index contributed by atoms with van der Waals surface area (Å²) in [5.74, 6) is -1.02. The molecule has 0 unspecified atom stereocenters. The lowest BCUT2D eigenvalue weighted by Gasteiger charge is -2.17. The van der Waals surface area contributed by atoms with Crippen molar-refractivity contribution >= 4 is 17.4 Å². The van der Waals surface area contributed by atoms with E-state index in [-0.39, 0.29) is 13.2 Å². The third kappa shape index (κ3) is 1.42. The number of aliphatic hydroxyl groups excluding tert-OH is 1. The van der Waals surface area contributed by atoms with Gasteiger partial charge in [0.05, 0.1) is 17.9 Å². The van der Waals surface area contributed by atoms with Gasteiger partial charge in [0.15, 0.2) is 0 Å². The smallest absolute Gasteiger partial charge is 0.299 e. The first kappa shape index (κ1) is 10.8. The van der Waals surface area contributed by atoms with Gasteiger partial charge >= 0.3 is 0 Å². The van der Waals surface area contributed by atoms with Crippen LogP contribution in [-0.4, -0.2) is 29.9 Å². The summed E-state index contributed by atoms with van der Waals surface area (Å²) < 4.78 is 0. The van der Waals surface area contributed by atoms with Crippen molar-refractivity contribution < 1.29 is 14.7 Å². The number of nitrogens with zero attached hydrogens (tertiary/aromatic N) is 1. The number of anilines is 1. The second kappa shape index (κ2) is 3.72. The number of amides is 1. The lowest BCUT2D eigenvalue weighted by Crippen LogP contribution is -2.32. The average molecular weight is 219 g/mol. The summed E-state index contributed by atoms with van der Waals surface area (Å²) in [6.07, 6.45) is 0. The summed E-state index contributed by atoms with van der Waals surface area (Å²) in [5.41, 5.74) is 2.96. The zero-order valence-corrected chi connectivity index (χ0v) is 9.28. The van der Waals surface area contributed by atoms with Crippen LogP contribution in [0.25, 0.3) is 0 Å². The van der Waals surface area contributed by atoms with Gasteiger partial charge in [0, 0.05) is 6.54 Å². The van der Waals surface area contributed by atoms with Gasteiger partial charge in [-0.1, -0.05) is 6.07 Å². The molecule has 4 nitrogen and oxygen atoms in total. The lowest BCUT2D eigenvalue weighted by molar-refractivity contribution is -0.114. The van der Waals surface area contributed by atoms with Crippen LogP contribution >= 0.6 is 0 Å². The van der Waals surface area contributed by atoms with E-state index in [0.29, 0.717) is 11.3 Å². The molecule has 0 atom stereocenters. The largest absolute Gasteiger partial charge is 0.395 e. The number of β-amino-alcohol motifs (C(OH)–C–C–N with tert-alkyl or cyclic N) is 1. The molecule has 0 fully saturated rings. The molecule has 1 aromatic rings. The molecule has 84 valence electrons. The SMILES string of the molecule is Cc1cc(C)c2c(c1)C(=O)C(=O)N2CCO. The van der Waals surface area contributed by atoms with Crippen LogP contribution in [0.15, 0.2) is 12.1 Å². The Morgan fingerprint density at radius 2 is 1.94 bits per heavy atom. The first-order chi connectivity index (χ1) is 7.56. The number of fused-ring (bicyclic) bond motifs is 1. The highest BCUT2D eigenvalue weighted by atomic mass is 16.3. The number of ketones is 1. The molecule has 1 heterocycles. The minimum atomic E-state index is -0.544. The number of Topliss-reactive ketones (excluding diaryl/α,β-unsaturated/α-hetero) is 1. The van der Waals surface area contributed by atoms with Crippen LogP contribution in [0.4, 0.5) is 5.69 Å². The molecule has 0 spiro atoms. The fourth-order valence-corrected chi connectivity index (χ4v) is 2.14. The van der Waals surface area contributed by atoms with Gasteiger partial charge in [-0.05, 0) is 31.0 Å². The molecule has 1 aliphatic rings. The quantitative estimate of drug-likeness (QED) is 0.749. The highest BCUT2D eigenvalue weighted by molar-refractivity contribution is 6.52. The summed E-state index contributed by atoms with van der Waals surface area (Å²) in [6, 6.07) is 3.65. The Hall–Kier alpha value is -1.68. The van der Waals surface area contributed by atoms with Gasteiger partial charge in [-0.3, -0.25) is 9.59 Å². The van der Waals surface area contributed by atoms with Crippen molar-refractivity contribution in [3.8, 4) is 0 Å². The highest BCUT2D eigenvalue weighted by Gasteiger charge is 2.36. The van der Waals surface area contributed by atoms with Crippen LogP contribution in [0.3, 0.4) is 0 Å². The average Bonchev–Trinajstić information content (AvgIpc) is 2.44. The molecular weight excluding hydrogens is 206 g/mol. The maximum absolute atomic E-state index is 11.7. The fourth-order valence-electron chi connectivity index (χ4n) is 2.14. The molecule has 0 aliphatic carbocycles. The number of hydrogen-bond acceptors (Lipinski definition) is 3. The Labute approximate surface area is 93.5 Å². The van der Waals surface area contributed by atoms with Crippen LogP contribution < -0.4 is 4.90 Å². The summed E-state index contributed by atoms with van der Waals surface area (Å²) in [4.78, 5) is 24.7. The van der Waals surface area contributed by atoms with Gasteiger partial charge in [-0.2, -0.15) is 0 Å². The van der Waals surface area contributed by atoms with E-state index in [2.05, 4.69) is 0 Å². The molecule has 0 saturated carbocycles. The molecule has 0 radical (unpaired) electrons. The zero-order valence-electron chi connectivity index (χ0n) is 9.28. The summed E-state index contributed by atoms with van der Waals surface area (Å²) in [5, 5.41) is 8.90. The van der Waals surface area contributed by atoms with Crippen molar-refractivity contribution in [2.45, 2.75) is 13.8 Å². The number of hydrogen-bond donors (Lipinski definition) is 1. The van der Waals surface area contributed by atoms with E-state index in [9.17, 15) is 9.59 Å². The molecule has 2 rings (SSSR count). The van der Waals surface area contributed by atoms with Crippen LogP contribution in [0.2, 0.25) is 0 Å². The molecule has 1 amide bonds. The topological polar surface area (TPSA) is 57.6 Å². The Balaban J connectivity index is 2.60. The Bertz CT molecular complexity index is 479. The molecular formula is C12H13NO3. The Kier molecular flexibility index (Phi) is 2.52. The van der Waals surface area contributed by atoms with Crippen molar-refractivity contribution in [2.24, 2.45) is 0 Å². The molecule has 1 N–H and O–H groups in total. The van der Waals surface area contributed by atoms with Crippen LogP contribution in [-0.2, 0) is 4.79 Å². The number of carbonyl (C=O) groups is 2. The van der Waals surface area contributed by atoms with Crippen LogP contribution in [0.5, 0.6) is 0 Å². The summed E-state index contributed by atoms with van der Waals surface area (Å²) in [7, 11) is 0. The molecule has 4 heteroatoms. The fraction of sp³-hybridized carbons (Fsp3) is 0.333. The van der Waals surface area contributed by atoms with Crippen LogP contribution in [0, 0.1) is 13.8 Å². The van der Waals surface area contributed by atoms with E-state index in [1.165, 1.54) is 4.90 Å². The van der Waals surface area contributed by atoms with Crippen LogP contribution in [0.1, 0.15) is 21.5 Å². The summed E-state index contributed by atoms with van der Waals surface area (Å²) >= 11 is 0. The number of benzene rings is 1. The van der Waals surface area contributed by atoms with Gasteiger partial charge in [-0.25, -0.2) is 0 Å².